The molecule has 12 heteroatoms. The van der Waals surface area contributed by atoms with E-state index in [1.54, 1.807) is 44.4 Å². The number of carbonyl (C=O) groups excluding carboxylic acids is 4. The van der Waals surface area contributed by atoms with Crippen molar-refractivity contribution in [1.82, 2.24) is 0 Å². The molecule has 0 aromatic heterocycles. The summed E-state index contributed by atoms with van der Waals surface area (Å²) in [6.45, 7) is 5.30. The highest BCUT2D eigenvalue weighted by atomic mass is 16.7. The molecule has 0 amide bonds. The first-order valence-corrected chi connectivity index (χ1v) is 13.0. The van der Waals surface area contributed by atoms with Gasteiger partial charge in [0.25, 0.3) is 0 Å². The van der Waals surface area contributed by atoms with Crippen molar-refractivity contribution in [2.45, 2.75) is 65.0 Å². The van der Waals surface area contributed by atoms with Crippen molar-refractivity contribution in [3.05, 3.63) is 59.7 Å². The Labute approximate surface area is 243 Å². The summed E-state index contributed by atoms with van der Waals surface area (Å²) in [6.07, 6.45) is -2.93. The largest absolute Gasteiger partial charge is 0.497 e. The molecule has 3 rings (SSSR count). The maximum Gasteiger partial charge on any atom is 0.330 e. The molecule has 1 fully saturated rings. The van der Waals surface area contributed by atoms with Crippen molar-refractivity contribution in [1.29, 1.82) is 0 Å². The van der Waals surface area contributed by atoms with E-state index in [9.17, 15) is 19.2 Å². The van der Waals surface area contributed by atoms with Crippen LogP contribution in [0, 0.1) is 0 Å². The van der Waals surface area contributed by atoms with Crippen molar-refractivity contribution in [3.8, 4) is 17.2 Å². The van der Waals surface area contributed by atoms with Crippen LogP contribution in [0.5, 0.6) is 17.2 Å². The van der Waals surface area contributed by atoms with E-state index in [4.69, 9.17) is 33.2 Å². The minimum absolute atomic E-state index is 0.143. The summed E-state index contributed by atoms with van der Waals surface area (Å²) in [5.41, 5.74) is 1.43. The smallest absolute Gasteiger partial charge is 0.330 e. The van der Waals surface area contributed by atoms with Crippen LogP contribution in [-0.4, -0.2) is 68.8 Å². The van der Waals surface area contributed by atoms with Crippen molar-refractivity contribution < 1.29 is 57.1 Å². The summed E-state index contributed by atoms with van der Waals surface area (Å²) >= 11 is 0. The predicted molar refractivity (Wildman–Crippen MR) is 146 cm³/mol. The Balaban J connectivity index is 1.96. The van der Waals surface area contributed by atoms with E-state index in [0.717, 1.165) is 5.56 Å². The number of esters is 4. The van der Waals surface area contributed by atoms with Crippen LogP contribution < -0.4 is 14.2 Å². The molecule has 0 radical (unpaired) electrons. The number of carbonyl (C=O) groups is 4. The monoisotopic (exact) mass is 586 g/mol. The maximum atomic E-state index is 12.1. The number of hydrogen-bond donors (Lipinski definition) is 0. The molecule has 1 aliphatic rings. The quantitative estimate of drug-likeness (QED) is 0.216. The second-order valence-electron chi connectivity index (χ2n) is 9.25. The second kappa shape index (κ2) is 14.9. The molecule has 0 N–H and O–H groups in total. The average molecular weight is 587 g/mol. The zero-order valence-corrected chi connectivity index (χ0v) is 24.2. The van der Waals surface area contributed by atoms with E-state index in [1.807, 2.05) is 12.1 Å². The van der Waals surface area contributed by atoms with Crippen molar-refractivity contribution in [3.63, 3.8) is 0 Å². The molecule has 1 heterocycles. The number of hydrogen-bond acceptors (Lipinski definition) is 12. The fourth-order valence-electron chi connectivity index (χ4n) is 4.14. The van der Waals surface area contributed by atoms with Crippen LogP contribution in [0.4, 0.5) is 0 Å². The molecule has 0 saturated carbocycles. The van der Waals surface area contributed by atoms with Gasteiger partial charge >= 0.3 is 23.9 Å². The van der Waals surface area contributed by atoms with Crippen LogP contribution in [0.3, 0.4) is 0 Å². The van der Waals surface area contributed by atoms with Gasteiger partial charge in [-0.1, -0.05) is 18.2 Å². The molecule has 5 atom stereocenters. The molecule has 1 aliphatic heterocycles. The fraction of sp³-hybridized carbons (Fsp3) is 0.400. The molecular formula is C30H34O12. The zero-order valence-electron chi connectivity index (χ0n) is 24.2. The molecule has 0 unspecified atom stereocenters. The van der Waals surface area contributed by atoms with Crippen LogP contribution in [0.15, 0.2) is 48.5 Å². The first-order chi connectivity index (χ1) is 20.0. The number of rotatable bonds is 11. The topological polar surface area (TPSA) is 142 Å². The van der Waals surface area contributed by atoms with Gasteiger partial charge in [0.2, 0.25) is 12.4 Å². The summed E-state index contributed by atoms with van der Waals surface area (Å²) in [6, 6.07) is 12.1. The van der Waals surface area contributed by atoms with Gasteiger partial charge in [0, 0.05) is 26.8 Å². The lowest BCUT2D eigenvalue weighted by atomic mass is 9.99. The van der Waals surface area contributed by atoms with Gasteiger partial charge in [-0.3, -0.25) is 14.4 Å². The highest BCUT2D eigenvalue weighted by molar-refractivity contribution is 5.87. The van der Waals surface area contributed by atoms with E-state index in [-0.39, 0.29) is 18.1 Å². The third-order valence-electron chi connectivity index (χ3n) is 6.01. The Morgan fingerprint density at radius 2 is 1.43 bits per heavy atom. The molecule has 42 heavy (non-hydrogen) atoms. The number of ether oxygens (including phenoxy) is 8. The standard InChI is InChI=1S/C30H34O12/c1-17-27(39-18(2)31)28(40-19(3)32)29(41-20(4)33)30(38-17)42-24-13-9-21(10-14-26(34)36-6)15-25(24)37-16-22-7-11-23(35-5)12-8-22/h7-15,17,27-30H,16H2,1-6H3/b14-10+/t17-,27+,28+,29-,30+/m0/s1. The van der Waals surface area contributed by atoms with E-state index in [0.29, 0.717) is 11.3 Å². The molecular weight excluding hydrogens is 552 g/mol. The van der Waals surface area contributed by atoms with Gasteiger partial charge in [-0.25, -0.2) is 4.79 Å². The third-order valence-corrected chi connectivity index (χ3v) is 6.01. The van der Waals surface area contributed by atoms with Crippen LogP contribution in [0.2, 0.25) is 0 Å². The molecule has 0 aliphatic carbocycles. The lowest BCUT2D eigenvalue weighted by molar-refractivity contribution is -0.280. The van der Waals surface area contributed by atoms with Gasteiger partial charge in [-0.05, 0) is 48.4 Å². The number of methoxy groups -OCH3 is 2. The van der Waals surface area contributed by atoms with Gasteiger partial charge in [0.15, 0.2) is 23.7 Å². The van der Waals surface area contributed by atoms with Gasteiger partial charge in [0.05, 0.1) is 20.3 Å². The SMILES string of the molecule is COC(=O)/C=C/c1ccc(O[C@H]2O[C@@H](C)[C@@H](OC(C)=O)[C@@H](OC(C)=O)[C@@H]2OC(C)=O)c(OCc2ccc(OC)cc2)c1. The minimum Gasteiger partial charge on any atom is -0.497 e. The van der Waals surface area contributed by atoms with E-state index in [2.05, 4.69) is 4.74 Å². The Hall–Kier alpha value is -4.58. The van der Waals surface area contributed by atoms with Crippen LogP contribution >= 0.6 is 0 Å². The van der Waals surface area contributed by atoms with Crippen LogP contribution in [-0.2, 0) is 49.5 Å². The Morgan fingerprint density at radius 1 is 0.810 bits per heavy atom. The van der Waals surface area contributed by atoms with E-state index >= 15 is 0 Å². The summed E-state index contributed by atoms with van der Waals surface area (Å²) in [5.74, 6) is -1.42. The second-order valence-corrected chi connectivity index (χ2v) is 9.25. The van der Waals surface area contributed by atoms with Gasteiger partial charge < -0.3 is 37.9 Å². The van der Waals surface area contributed by atoms with Gasteiger partial charge in [-0.2, -0.15) is 0 Å². The first-order valence-electron chi connectivity index (χ1n) is 13.0. The predicted octanol–water partition coefficient (Wildman–Crippen LogP) is 3.38. The van der Waals surface area contributed by atoms with Crippen molar-refractivity contribution in [2.75, 3.05) is 14.2 Å². The Morgan fingerprint density at radius 3 is 2.02 bits per heavy atom. The van der Waals surface area contributed by atoms with Crippen LogP contribution in [0.1, 0.15) is 38.8 Å². The highest BCUT2D eigenvalue weighted by Gasteiger charge is 2.51. The average Bonchev–Trinajstić information content (AvgIpc) is 2.95. The van der Waals surface area contributed by atoms with Crippen molar-refractivity contribution >= 4 is 30.0 Å². The minimum atomic E-state index is -1.31. The summed E-state index contributed by atoms with van der Waals surface area (Å²) in [7, 11) is 2.84. The highest BCUT2D eigenvalue weighted by Crippen LogP contribution is 2.35. The first kappa shape index (κ1) is 31.9. The lowest BCUT2D eigenvalue weighted by Gasteiger charge is -2.43. The number of benzene rings is 2. The zero-order chi connectivity index (χ0) is 30.8. The van der Waals surface area contributed by atoms with Gasteiger partial charge in [-0.15, -0.1) is 0 Å². The van der Waals surface area contributed by atoms with E-state index in [1.165, 1.54) is 40.0 Å². The Bertz CT molecular complexity index is 1290. The van der Waals surface area contributed by atoms with E-state index < -0.39 is 54.6 Å². The summed E-state index contributed by atoms with van der Waals surface area (Å²) < 4.78 is 44.4. The molecule has 0 spiro atoms. The molecule has 12 nitrogen and oxygen atoms in total. The Kier molecular flexibility index (Phi) is 11.3. The maximum absolute atomic E-state index is 12.1. The van der Waals surface area contributed by atoms with Gasteiger partial charge in [0.1, 0.15) is 12.4 Å². The summed E-state index contributed by atoms with van der Waals surface area (Å²) in [5, 5.41) is 0. The summed E-state index contributed by atoms with van der Waals surface area (Å²) in [4.78, 5) is 47.4. The fourth-order valence-corrected chi connectivity index (χ4v) is 4.14. The third kappa shape index (κ3) is 8.96. The normalized spacial score (nSPS) is 21.6. The lowest BCUT2D eigenvalue weighted by Crippen LogP contribution is -2.62. The van der Waals surface area contributed by atoms with Crippen molar-refractivity contribution in [2.24, 2.45) is 0 Å². The molecule has 2 aromatic rings. The molecule has 2 aromatic carbocycles. The van der Waals surface area contributed by atoms with Crippen LogP contribution in [0.25, 0.3) is 6.08 Å². The molecule has 226 valence electrons. The molecule has 1 saturated heterocycles. The molecule has 0 bridgehead atoms.